The van der Waals surface area contributed by atoms with Crippen LogP contribution in [-0.2, 0) is 15.1 Å². The van der Waals surface area contributed by atoms with Gasteiger partial charge in [-0.05, 0) is 25.3 Å². The summed E-state index contributed by atoms with van der Waals surface area (Å²) in [7, 11) is 1.82. The average Bonchev–Trinajstić information content (AvgIpc) is 2.54. The molecule has 1 aliphatic carbocycles. The zero-order valence-corrected chi connectivity index (χ0v) is 13.5. The number of methoxy groups -OCH3 is 1. The Morgan fingerprint density at radius 1 is 1.23 bits per heavy atom. The standard InChI is InChI=1S/C18H25NO3/c1-3-22-17(20)19-12-15-10-7-11-16(13-19)18(15,21-2)14-8-5-4-6-9-14/h4-6,8-9,15-16H,3,7,10-13H2,1-2H3/t15-,16+,18?. The predicted molar refractivity (Wildman–Crippen MR) is 84.6 cm³/mol. The van der Waals surface area contributed by atoms with Gasteiger partial charge >= 0.3 is 6.09 Å². The smallest absolute Gasteiger partial charge is 0.409 e. The number of fused-ring (bicyclic) bond motifs is 2. The number of carbonyl (C=O) groups is 1. The summed E-state index contributed by atoms with van der Waals surface area (Å²) < 4.78 is 11.3. The minimum absolute atomic E-state index is 0.183. The maximum atomic E-state index is 12.1. The third kappa shape index (κ3) is 2.39. The molecule has 0 aromatic heterocycles. The monoisotopic (exact) mass is 303 g/mol. The highest BCUT2D eigenvalue weighted by molar-refractivity contribution is 5.68. The first kappa shape index (κ1) is 15.3. The van der Waals surface area contributed by atoms with Crippen molar-refractivity contribution >= 4 is 6.09 Å². The molecule has 0 spiro atoms. The lowest BCUT2D eigenvalue weighted by Crippen LogP contribution is -2.60. The van der Waals surface area contributed by atoms with Crippen LogP contribution in [0.15, 0.2) is 30.3 Å². The first-order valence-electron chi connectivity index (χ1n) is 8.24. The molecule has 2 aliphatic rings. The third-order valence-corrected chi connectivity index (χ3v) is 5.29. The molecule has 3 rings (SSSR count). The molecule has 1 amide bonds. The molecule has 1 heterocycles. The Bertz CT molecular complexity index is 502. The van der Waals surface area contributed by atoms with Gasteiger partial charge in [0.2, 0.25) is 0 Å². The van der Waals surface area contributed by atoms with Crippen molar-refractivity contribution in [2.24, 2.45) is 11.8 Å². The lowest BCUT2D eigenvalue weighted by Gasteiger charge is -2.55. The summed E-state index contributed by atoms with van der Waals surface area (Å²) in [6.07, 6.45) is 3.21. The van der Waals surface area contributed by atoms with E-state index in [0.717, 1.165) is 25.9 Å². The average molecular weight is 303 g/mol. The maximum absolute atomic E-state index is 12.1. The van der Waals surface area contributed by atoms with Crippen molar-refractivity contribution in [2.75, 3.05) is 26.8 Å². The van der Waals surface area contributed by atoms with Gasteiger partial charge in [0.1, 0.15) is 5.60 Å². The minimum Gasteiger partial charge on any atom is -0.450 e. The van der Waals surface area contributed by atoms with Gasteiger partial charge in [0.25, 0.3) is 0 Å². The van der Waals surface area contributed by atoms with Crippen molar-refractivity contribution in [3.8, 4) is 0 Å². The highest BCUT2D eigenvalue weighted by Crippen LogP contribution is 2.51. The number of carbonyl (C=O) groups excluding carboxylic acids is 1. The van der Waals surface area contributed by atoms with E-state index < -0.39 is 0 Å². The van der Waals surface area contributed by atoms with E-state index in [9.17, 15) is 4.79 Å². The summed E-state index contributed by atoms with van der Waals surface area (Å²) in [5, 5.41) is 0. The molecule has 3 atom stereocenters. The summed E-state index contributed by atoms with van der Waals surface area (Å²) >= 11 is 0. The highest BCUT2D eigenvalue weighted by atomic mass is 16.6. The predicted octanol–water partition coefficient (Wildman–Crippen LogP) is 3.42. The Balaban J connectivity index is 1.92. The number of benzene rings is 1. The van der Waals surface area contributed by atoms with E-state index >= 15 is 0 Å². The molecule has 4 heteroatoms. The van der Waals surface area contributed by atoms with Crippen molar-refractivity contribution in [3.05, 3.63) is 35.9 Å². The van der Waals surface area contributed by atoms with Crippen LogP contribution in [0.1, 0.15) is 31.7 Å². The van der Waals surface area contributed by atoms with Gasteiger partial charge in [0.15, 0.2) is 0 Å². The Hall–Kier alpha value is -1.55. The van der Waals surface area contributed by atoms with Crippen LogP contribution in [0.3, 0.4) is 0 Å². The molecule has 1 unspecified atom stereocenters. The zero-order valence-electron chi connectivity index (χ0n) is 13.5. The summed E-state index contributed by atoms with van der Waals surface area (Å²) in [6, 6.07) is 10.5. The van der Waals surface area contributed by atoms with Crippen molar-refractivity contribution in [1.82, 2.24) is 4.90 Å². The van der Waals surface area contributed by atoms with Gasteiger partial charge in [-0.3, -0.25) is 0 Å². The lowest BCUT2D eigenvalue weighted by molar-refractivity contribution is -0.164. The minimum atomic E-state index is -0.261. The van der Waals surface area contributed by atoms with E-state index in [1.807, 2.05) is 25.0 Å². The maximum Gasteiger partial charge on any atom is 0.409 e. The number of piperidine rings is 1. The number of rotatable bonds is 3. The van der Waals surface area contributed by atoms with Crippen LogP contribution in [-0.4, -0.2) is 37.8 Å². The Kier molecular flexibility index (Phi) is 4.39. The molecule has 4 nitrogen and oxygen atoms in total. The van der Waals surface area contributed by atoms with Crippen molar-refractivity contribution in [2.45, 2.75) is 31.8 Å². The van der Waals surface area contributed by atoms with E-state index in [-0.39, 0.29) is 11.7 Å². The van der Waals surface area contributed by atoms with Gasteiger partial charge in [-0.25, -0.2) is 4.79 Å². The number of hydrogen-bond acceptors (Lipinski definition) is 3. The first-order valence-corrected chi connectivity index (χ1v) is 8.24. The van der Waals surface area contributed by atoms with Gasteiger partial charge in [-0.15, -0.1) is 0 Å². The number of ether oxygens (including phenoxy) is 2. The molecule has 120 valence electrons. The fourth-order valence-electron chi connectivity index (χ4n) is 4.42. The topological polar surface area (TPSA) is 38.8 Å². The molecule has 0 N–H and O–H groups in total. The van der Waals surface area contributed by atoms with Crippen molar-refractivity contribution in [1.29, 1.82) is 0 Å². The number of nitrogens with zero attached hydrogens (tertiary/aromatic N) is 1. The normalized spacial score (nSPS) is 30.9. The van der Waals surface area contributed by atoms with E-state index in [4.69, 9.17) is 9.47 Å². The summed E-state index contributed by atoms with van der Waals surface area (Å²) in [6.45, 7) is 3.72. The molecule has 22 heavy (non-hydrogen) atoms. The summed E-state index contributed by atoms with van der Waals surface area (Å²) in [5.74, 6) is 0.661. The molecule has 1 aromatic carbocycles. The van der Waals surface area contributed by atoms with Gasteiger partial charge < -0.3 is 14.4 Å². The summed E-state index contributed by atoms with van der Waals surface area (Å²) in [5.41, 5.74) is 0.985. The fraction of sp³-hybridized carbons (Fsp3) is 0.611. The van der Waals surface area contributed by atoms with E-state index in [1.54, 1.807) is 0 Å². The second kappa shape index (κ2) is 6.29. The van der Waals surface area contributed by atoms with Gasteiger partial charge in [-0.1, -0.05) is 36.8 Å². The Morgan fingerprint density at radius 2 is 1.86 bits per heavy atom. The first-order chi connectivity index (χ1) is 10.7. The second-order valence-corrected chi connectivity index (χ2v) is 6.29. The number of likely N-dealkylation sites (tertiary alicyclic amines) is 1. The van der Waals surface area contributed by atoms with Crippen LogP contribution < -0.4 is 0 Å². The Morgan fingerprint density at radius 3 is 2.41 bits per heavy atom. The van der Waals surface area contributed by atoms with E-state index in [2.05, 4.69) is 24.3 Å². The van der Waals surface area contributed by atoms with Crippen LogP contribution in [0.4, 0.5) is 4.79 Å². The molecular formula is C18H25NO3. The Labute approximate surface area is 132 Å². The third-order valence-electron chi connectivity index (χ3n) is 5.29. The highest BCUT2D eigenvalue weighted by Gasteiger charge is 2.54. The second-order valence-electron chi connectivity index (χ2n) is 6.29. The zero-order chi connectivity index (χ0) is 15.6. The number of hydrogen-bond donors (Lipinski definition) is 0. The van der Waals surface area contributed by atoms with E-state index in [1.165, 1.54) is 12.0 Å². The van der Waals surface area contributed by atoms with Crippen LogP contribution in [0.2, 0.25) is 0 Å². The quantitative estimate of drug-likeness (QED) is 0.859. The van der Waals surface area contributed by atoms with Crippen LogP contribution >= 0.6 is 0 Å². The van der Waals surface area contributed by atoms with Crippen LogP contribution in [0, 0.1) is 11.8 Å². The number of amides is 1. The molecular weight excluding hydrogens is 278 g/mol. The molecule has 1 aromatic rings. The van der Waals surface area contributed by atoms with E-state index in [0.29, 0.717) is 18.4 Å². The van der Waals surface area contributed by atoms with Crippen LogP contribution in [0.25, 0.3) is 0 Å². The molecule has 2 fully saturated rings. The molecule has 1 saturated heterocycles. The molecule has 1 aliphatic heterocycles. The van der Waals surface area contributed by atoms with Gasteiger partial charge in [-0.2, -0.15) is 0 Å². The largest absolute Gasteiger partial charge is 0.450 e. The van der Waals surface area contributed by atoms with Crippen LogP contribution in [0.5, 0.6) is 0 Å². The summed E-state index contributed by atoms with van der Waals surface area (Å²) in [4.78, 5) is 14.0. The van der Waals surface area contributed by atoms with Crippen molar-refractivity contribution in [3.63, 3.8) is 0 Å². The lowest BCUT2D eigenvalue weighted by atomic mass is 9.62. The van der Waals surface area contributed by atoms with Crippen molar-refractivity contribution < 1.29 is 14.3 Å². The van der Waals surface area contributed by atoms with Gasteiger partial charge in [0, 0.05) is 32.0 Å². The SMILES string of the molecule is CCOC(=O)N1C[C@H]2CCC[C@@H](C1)C2(OC)c1ccccc1. The fourth-order valence-corrected chi connectivity index (χ4v) is 4.42. The molecule has 0 radical (unpaired) electrons. The van der Waals surface area contributed by atoms with Gasteiger partial charge in [0.05, 0.1) is 6.61 Å². The molecule has 2 bridgehead atoms. The molecule has 1 saturated carbocycles.